The van der Waals surface area contributed by atoms with Gasteiger partial charge >= 0.3 is 5.97 Å². The van der Waals surface area contributed by atoms with E-state index in [1.165, 1.54) is 5.56 Å². The second-order valence-electron chi connectivity index (χ2n) is 4.79. The lowest BCUT2D eigenvalue weighted by molar-refractivity contribution is -0.149. The van der Waals surface area contributed by atoms with Gasteiger partial charge in [0.05, 0.1) is 13.2 Å². The van der Waals surface area contributed by atoms with Crippen LogP contribution in [0.2, 0.25) is 0 Å². The highest BCUT2D eigenvalue weighted by atomic mass is 16.6. The van der Waals surface area contributed by atoms with E-state index in [4.69, 9.17) is 9.47 Å². The monoisotopic (exact) mass is 284 g/mol. The van der Waals surface area contributed by atoms with Crippen LogP contribution in [-0.4, -0.2) is 19.2 Å². The average Bonchev–Trinajstić information content (AvgIpc) is 2.54. The van der Waals surface area contributed by atoms with Crippen LogP contribution >= 0.6 is 0 Å². The highest BCUT2D eigenvalue weighted by molar-refractivity contribution is 5.70. The normalized spacial score (nSPS) is 10.3. The van der Waals surface area contributed by atoms with E-state index >= 15 is 0 Å². The number of hydrogen-bond donors (Lipinski definition) is 0. The molecule has 0 saturated carbocycles. The van der Waals surface area contributed by atoms with E-state index in [2.05, 4.69) is 12.1 Å². The van der Waals surface area contributed by atoms with Gasteiger partial charge in [-0.05, 0) is 24.0 Å². The molecule has 0 N–H and O–H groups in total. The number of esters is 1. The predicted octanol–water partition coefficient (Wildman–Crippen LogP) is 3.38. The Bertz CT molecular complexity index is 523. The van der Waals surface area contributed by atoms with Crippen LogP contribution in [0.1, 0.15) is 17.5 Å². The van der Waals surface area contributed by atoms with Crippen molar-refractivity contribution in [1.29, 1.82) is 0 Å². The third kappa shape index (κ3) is 6.23. The first kappa shape index (κ1) is 15.3. The summed E-state index contributed by atoms with van der Waals surface area (Å²) < 4.78 is 10.5. The molecule has 0 aliphatic carbocycles. The molecule has 0 aliphatic heterocycles. The average molecular weight is 284 g/mol. The number of carbonyl (C=O) groups is 1. The molecule has 110 valence electrons. The molecule has 0 unspecified atom stereocenters. The number of hydrogen-bond acceptors (Lipinski definition) is 3. The van der Waals surface area contributed by atoms with Gasteiger partial charge in [-0.1, -0.05) is 60.7 Å². The number of rotatable bonds is 8. The van der Waals surface area contributed by atoms with Crippen molar-refractivity contribution >= 4 is 5.97 Å². The molecule has 0 bridgehead atoms. The number of benzene rings is 2. The third-order valence-electron chi connectivity index (χ3n) is 3.05. The summed E-state index contributed by atoms with van der Waals surface area (Å²) in [5.41, 5.74) is 2.31. The topological polar surface area (TPSA) is 35.5 Å². The molecule has 0 aliphatic rings. The SMILES string of the molecule is O=C(COCc1ccccc1)OCCCc1ccccc1. The van der Waals surface area contributed by atoms with Crippen molar-refractivity contribution in [3.05, 3.63) is 71.8 Å². The fourth-order valence-corrected chi connectivity index (χ4v) is 1.98. The van der Waals surface area contributed by atoms with Crippen LogP contribution in [0, 0.1) is 0 Å². The van der Waals surface area contributed by atoms with Gasteiger partial charge < -0.3 is 9.47 Å². The Kier molecular flexibility index (Phi) is 6.49. The largest absolute Gasteiger partial charge is 0.464 e. The molecule has 0 aromatic heterocycles. The molecule has 2 aromatic rings. The molecule has 0 radical (unpaired) electrons. The quantitative estimate of drug-likeness (QED) is 0.550. The van der Waals surface area contributed by atoms with Crippen molar-refractivity contribution in [2.75, 3.05) is 13.2 Å². The molecule has 3 nitrogen and oxygen atoms in total. The number of carbonyl (C=O) groups excluding carboxylic acids is 1. The van der Waals surface area contributed by atoms with Gasteiger partial charge in [-0.15, -0.1) is 0 Å². The van der Waals surface area contributed by atoms with Gasteiger partial charge in [0.2, 0.25) is 0 Å². The highest BCUT2D eigenvalue weighted by Gasteiger charge is 2.03. The summed E-state index contributed by atoms with van der Waals surface area (Å²) in [5, 5.41) is 0. The summed E-state index contributed by atoms with van der Waals surface area (Å²) in [4.78, 5) is 11.5. The Morgan fingerprint density at radius 1 is 0.857 bits per heavy atom. The first-order valence-corrected chi connectivity index (χ1v) is 7.16. The van der Waals surface area contributed by atoms with Crippen molar-refractivity contribution < 1.29 is 14.3 Å². The van der Waals surface area contributed by atoms with Gasteiger partial charge in [0.1, 0.15) is 6.61 Å². The Balaban J connectivity index is 1.54. The van der Waals surface area contributed by atoms with Gasteiger partial charge in [0, 0.05) is 0 Å². The van der Waals surface area contributed by atoms with Gasteiger partial charge in [0.15, 0.2) is 0 Å². The zero-order valence-electron chi connectivity index (χ0n) is 12.0. The zero-order valence-corrected chi connectivity index (χ0v) is 12.0. The second-order valence-corrected chi connectivity index (χ2v) is 4.79. The van der Waals surface area contributed by atoms with Crippen molar-refractivity contribution in [1.82, 2.24) is 0 Å². The molecular formula is C18H20O3. The van der Waals surface area contributed by atoms with Crippen molar-refractivity contribution in [3.8, 4) is 0 Å². The fourth-order valence-electron chi connectivity index (χ4n) is 1.98. The molecule has 0 saturated heterocycles. The van der Waals surface area contributed by atoms with Crippen LogP contribution in [0.15, 0.2) is 60.7 Å². The molecule has 2 aromatic carbocycles. The maximum atomic E-state index is 11.5. The Morgan fingerprint density at radius 3 is 2.14 bits per heavy atom. The summed E-state index contributed by atoms with van der Waals surface area (Å²) in [6.45, 7) is 0.864. The van der Waals surface area contributed by atoms with Crippen LogP contribution in [0.4, 0.5) is 0 Å². The van der Waals surface area contributed by atoms with Crippen LogP contribution in [0.5, 0.6) is 0 Å². The predicted molar refractivity (Wildman–Crippen MR) is 81.8 cm³/mol. The van der Waals surface area contributed by atoms with Crippen molar-refractivity contribution in [2.24, 2.45) is 0 Å². The molecule has 2 rings (SSSR count). The van der Waals surface area contributed by atoms with Crippen LogP contribution in [-0.2, 0) is 27.3 Å². The van der Waals surface area contributed by atoms with E-state index in [1.54, 1.807) is 0 Å². The Hall–Kier alpha value is -2.13. The third-order valence-corrected chi connectivity index (χ3v) is 3.05. The minimum atomic E-state index is -0.306. The van der Waals surface area contributed by atoms with Crippen LogP contribution in [0.25, 0.3) is 0 Å². The number of aryl methyl sites for hydroxylation is 1. The molecule has 21 heavy (non-hydrogen) atoms. The summed E-state index contributed by atoms with van der Waals surface area (Å²) in [6, 6.07) is 19.9. The van der Waals surface area contributed by atoms with Gasteiger partial charge in [-0.25, -0.2) is 4.79 Å². The van der Waals surface area contributed by atoms with Gasteiger partial charge in [0.25, 0.3) is 0 Å². The summed E-state index contributed by atoms with van der Waals surface area (Å²) in [6.07, 6.45) is 1.74. The highest BCUT2D eigenvalue weighted by Crippen LogP contribution is 2.03. The van der Waals surface area contributed by atoms with Gasteiger partial charge in [-0.2, -0.15) is 0 Å². The minimum Gasteiger partial charge on any atom is -0.464 e. The Labute approximate surface area is 125 Å². The van der Waals surface area contributed by atoms with Gasteiger partial charge in [-0.3, -0.25) is 0 Å². The van der Waals surface area contributed by atoms with E-state index < -0.39 is 0 Å². The molecule has 0 heterocycles. The second kappa shape index (κ2) is 8.93. The summed E-state index contributed by atoms with van der Waals surface area (Å²) >= 11 is 0. The van der Waals surface area contributed by atoms with Crippen molar-refractivity contribution in [2.45, 2.75) is 19.4 Å². The van der Waals surface area contributed by atoms with Crippen LogP contribution in [0.3, 0.4) is 0 Å². The smallest absolute Gasteiger partial charge is 0.332 e. The Morgan fingerprint density at radius 2 is 1.48 bits per heavy atom. The first-order chi connectivity index (χ1) is 10.3. The molecule has 0 spiro atoms. The zero-order chi connectivity index (χ0) is 14.8. The summed E-state index contributed by atoms with van der Waals surface area (Å²) in [7, 11) is 0. The van der Waals surface area contributed by atoms with Crippen LogP contribution < -0.4 is 0 Å². The first-order valence-electron chi connectivity index (χ1n) is 7.16. The van der Waals surface area contributed by atoms with E-state index in [0.717, 1.165) is 18.4 Å². The molecule has 0 atom stereocenters. The molecule has 0 amide bonds. The minimum absolute atomic E-state index is 0.000229. The molecular weight excluding hydrogens is 264 g/mol. The van der Waals surface area contributed by atoms with E-state index in [9.17, 15) is 4.79 Å². The lowest BCUT2D eigenvalue weighted by Crippen LogP contribution is -2.13. The fraction of sp³-hybridized carbons (Fsp3) is 0.278. The van der Waals surface area contributed by atoms with E-state index in [-0.39, 0.29) is 12.6 Å². The standard InChI is InChI=1S/C18H20O3/c19-18(15-20-14-17-10-5-2-6-11-17)21-13-7-12-16-8-3-1-4-9-16/h1-6,8-11H,7,12-15H2. The van der Waals surface area contributed by atoms with E-state index in [1.807, 2.05) is 48.5 Å². The summed E-state index contributed by atoms with van der Waals surface area (Å²) in [5.74, 6) is -0.306. The number of ether oxygens (including phenoxy) is 2. The molecule has 0 fully saturated rings. The molecule has 3 heteroatoms. The maximum absolute atomic E-state index is 11.5. The lowest BCUT2D eigenvalue weighted by Gasteiger charge is -2.06. The maximum Gasteiger partial charge on any atom is 0.332 e. The lowest BCUT2D eigenvalue weighted by atomic mass is 10.1. The van der Waals surface area contributed by atoms with Crippen molar-refractivity contribution in [3.63, 3.8) is 0 Å². The van der Waals surface area contributed by atoms with E-state index in [0.29, 0.717) is 13.2 Å².